The van der Waals surface area contributed by atoms with E-state index in [2.05, 4.69) is 20.5 Å². The topological polar surface area (TPSA) is 94.3 Å². The summed E-state index contributed by atoms with van der Waals surface area (Å²) < 4.78 is 7.38. The summed E-state index contributed by atoms with van der Waals surface area (Å²) in [5, 5.41) is 16.8. The van der Waals surface area contributed by atoms with Crippen LogP contribution in [0.15, 0.2) is 79.1 Å². The van der Waals surface area contributed by atoms with Crippen LogP contribution < -0.4 is 10.1 Å². The van der Waals surface area contributed by atoms with Crippen molar-refractivity contribution in [1.29, 1.82) is 0 Å². The van der Waals surface area contributed by atoms with Gasteiger partial charge in [-0.3, -0.25) is 9.78 Å². The van der Waals surface area contributed by atoms with E-state index in [0.29, 0.717) is 38.6 Å². The molecule has 5 rings (SSSR count). The van der Waals surface area contributed by atoms with Crippen molar-refractivity contribution in [2.24, 2.45) is 0 Å². The van der Waals surface area contributed by atoms with Gasteiger partial charge in [0.25, 0.3) is 5.91 Å². The molecule has 0 aliphatic heterocycles. The van der Waals surface area contributed by atoms with E-state index in [4.69, 9.17) is 33.0 Å². The van der Waals surface area contributed by atoms with Crippen LogP contribution in [0.2, 0.25) is 10.0 Å². The number of carbonyl (C=O) groups is 1. The molecule has 0 saturated carbocycles. The highest BCUT2D eigenvalue weighted by atomic mass is 35.5. The van der Waals surface area contributed by atoms with Gasteiger partial charge in [-0.15, -0.1) is 10.2 Å². The molecule has 5 aromatic rings. The molecular weight excluding hydrogens is 487 g/mol. The monoisotopic (exact) mass is 504 g/mol. The Hall–Kier alpha value is -4.01. The second-order valence-electron chi connectivity index (χ2n) is 7.66. The smallest absolute Gasteiger partial charge is 0.265 e. The normalized spacial score (nSPS) is 11.9. The number of carbonyl (C=O) groups excluding carboxylic acids is 1. The van der Waals surface area contributed by atoms with Crippen LogP contribution in [0, 0.1) is 0 Å². The maximum absolute atomic E-state index is 12.7. The van der Waals surface area contributed by atoms with Crippen LogP contribution in [-0.2, 0) is 4.79 Å². The van der Waals surface area contributed by atoms with E-state index in [0.717, 1.165) is 11.1 Å². The highest BCUT2D eigenvalue weighted by Gasteiger charge is 2.17. The predicted molar refractivity (Wildman–Crippen MR) is 135 cm³/mol. The quantitative estimate of drug-likeness (QED) is 0.325. The Morgan fingerprint density at radius 1 is 1.00 bits per heavy atom. The lowest BCUT2D eigenvalue weighted by Crippen LogP contribution is -2.30. The Kier molecular flexibility index (Phi) is 6.31. The highest BCUT2D eigenvalue weighted by molar-refractivity contribution is 6.35. The number of ether oxygens (including phenoxy) is 1. The third kappa shape index (κ3) is 4.94. The Balaban J connectivity index is 1.36. The van der Waals surface area contributed by atoms with Gasteiger partial charge in [0.1, 0.15) is 5.75 Å². The van der Waals surface area contributed by atoms with Crippen molar-refractivity contribution in [2.75, 3.05) is 5.32 Å². The molecule has 0 aliphatic carbocycles. The maximum atomic E-state index is 12.7. The summed E-state index contributed by atoms with van der Waals surface area (Å²) in [5.41, 5.74) is 3.52. The summed E-state index contributed by atoms with van der Waals surface area (Å²) in [6.45, 7) is 1.64. The molecule has 8 nitrogen and oxygen atoms in total. The number of aromatic nitrogens is 5. The van der Waals surface area contributed by atoms with Gasteiger partial charge < -0.3 is 10.1 Å². The van der Waals surface area contributed by atoms with Crippen LogP contribution >= 0.6 is 23.2 Å². The van der Waals surface area contributed by atoms with Crippen LogP contribution in [0.5, 0.6) is 5.75 Å². The molecule has 0 saturated heterocycles. The first-order valence-electron chi connectivity index (χ1n) is 10.6. The lowest BCUT2D eigenvalue weighted by atomic mass is 10.1. The fourth-order valence-electron chi connectivity index (χ4n) is 3.43. The van der Waals surface area contributed by atoms with Crippen molar-refractivity contribution in [1.82, 2.24) is 24.8 Å². The molecule has 0 bridgehead atoms. The number of pyridine rings is 1. The van der Waals surface area contributed by atoms with Gasteiger partial charge in [-0.25, -0.2) is 0 Å². The van der Waals surface area contributed by atoms with Crippen molar-refractivity contribution in [3.05, 3.63) is 89.2 Å². The lowest BCUT2D eigenvalue weighted by Gasteiger charge is -2.16. The standard InChI is InChI=1S/C25H18Cl2N6O2/c1-15(35-22-9-7-18(26)13-20(22)27)25(34)29-19-6-2-4-16(12-19)21-8-10-23-30-31-24(33(23)32-21)17-5-3-11-28-14-17/h2-15H,1H3,(H,29,34). The molecule has 1 amide bonds. The van der Waals surface area contributed by atoms with E-state index in [9.17, 15) is 4.79 Å². The number of benzene rings is 2. The molecule has 0 aliphatic rings. The highest BCUT2D eigenvalue weighted by Crippen LogP contribution is 2.29. The van der Waals surface area contributed by atoms with Gasteiger partial charge >= 0.3 is 0 Å². The van der Waals surface area contributed by atoms with Crippen LogP contribution in [0.3, 0.4) is 0 Å². The van der Waals surface area contributed by atoms with Crippen molar-refractivity contribution < 1.29 is 9.53 Å². The molecule has 0 spiro atoms. The average molecular weight is 505 g/mol. The van der Waals surface area contributed by atoms with Gasteiger partial charge in [0, 0.05) is 34.2 Å². The maximum Gasteiger partial charge on any atom is 0.265 e. The lowest BCUT2D eigenvalue weighted by molar-refractivity contribution is -0.122. The van der Waals surface area contributed by atoms with Crippen molar-refractivity contribution in [2.45, 2.75) is 13.0 Å². The fraction of sp³-hybridized carbons (Fsp3) is 0.0800. The number of fused-ring (bicyclic) bond motifs is 1. The van der Waals surface area contributed by atoms with Crippen molar-refractivity contribution in [3.63, 3.8) is 0 Å². The number of rotatable bonds is 6. The van der Waals surface area contributed by atoms with E-state index in [1.807, 2.05) is 42.5 Å². The summed E-state index contributed by atoms with van der Waals surface area (Å²) in [7, 11) is 0. The molecule has 3 heterocycles. The Labute approximate surface area is 210 Å². The second-order valence-corrected chi connectivity index (χ2v) is 8.50. The molecule has 174 valence electrons. The molecule has 10 heteroatoms. The number of nitrogens with zero attached hydrogens (tertiary/aromatic N) is 5. The third-order valence-electron chi connectivity index (χ3n) is 5.18. The Bertz CT molecular complexity index is 1520. The van der Waals surface area contributed by atoms with Gasteiger partial charge in [-0.1, -0.05) is 35.3 Å². The molecule has 0 radical (unpaired) electrons. The number of anilines is 1. The molecule has 35 heavy (non-hydrogen) atoms. The SMILES string of the molecule is CC(Oc1ccc(Cl)cc1Cl)C(=O)Nc1cccc(-c2ccc3nnc(-c4cccnc4)n3n2)c1. The molecule has 1 N–H and O–H groups in total. The van der Waals surface area contributed by atoms with Crippen LogP contribution in [0.4, 0.5) is 5.69 Å². The van der Waals surface area contributed by atoms with Crippen molar-refractivity contribution in [3.8, 4) is 28.4 Å². The van der Waals surface area contributed by atoms with Crippen LogP contribution in [0.1, 0.15) is 6.92 Å². The van der Waals surface area contributed by atoms with Gasteiger partial charge in [0.2, 0.25) is 0 Å². The molecule has 2 aromatic carbocycles. The zero-order valence-electron chi connectivity index (χ0n) is 18.4. The summed E-state index contributed by atoms with van der Waals surface area (Å²) in [6.07, 6.45) is 2.62. The minimum atomic E-state index is -0.786. The van der Waals surface area contributed by atoms with Gasteiger partial charge in [-0.05, 0) is 61.5 Å². The number of halogens is 2. The van der Waals surface area contributed by atoms with Crippen LogP contribution in [-0.4, -0.2) is 36.8 Å². The summed E-state index contributed by atoms with van der Waals surface area (Å²) in [5.74, 6) is 0.642. The second kappa shape index (κ2) is 9.69. The summed E-state index contributed by atoms with van der Waals surface area (Å²) in [6, 6.07) is 19.6. The fourth-order valence-corrected chi connectivity index (χ4v) is 3.89. The molecule has 1 atom stereocenters. The van der Waals surface area contributed by atoms with Gasteiger partial charge in [0.15, 0.2) is 17.6 Å². The Morgan fingerprint density at radius 3 is 2.66 bits per heavy atom. The van der Waals surface area contributed by atoms with E-state index in [1.165, 1.54) is 0 Å². The zero-order valence-corrected chi connectivity index (χ0v) is 19.9. The van der Waals surface area contributed by atoms with E-state index >= 15 is 0 Å². The molecule has 3 aromatic heterocycles. The first-order valence-corrected chi connectivity index (χ1v) is 11.4. The number of hydrogen-bond acceptors (Lipinski definition) is 6. The minimum Gasteiger partial charge on any atom is -0.479 e. The summed E-state index contributed by atoms with van der Waals surface area (Å²) >= 11 is 12.1. The average Bonchev–Trinajstić information content (AvgIpc) is 3.30. The van der Waals surface area contributed by atoms with Crippen molar-refractivity contribution >= 4 is 40.4 Å². The number of hydrogen-bond donors (Lipinski definition) is 1. The predicted octanol–water partition coefficient (Wildman–Crippen LogP) is 5.57. The largest absolute Gasteiger partial charge is 0.479 e. The zero-order chi connectivity index (χ0) is 24.4. The van der Waals surface area contributed by atoms with Gasteiger partial charge in [-0.2, -0.15) is 9.61 Å². The van der Waals surface area contributed by atoms with Gasteiger partial charge in [0.05, 0.1) is 10.7 Å². The van der Waals surface area contributed by atoms with E-state index in [-0.39, 0.29) is 5.91 Å². The number of amides is 1. The number of nitrogens with one attached hydrogen (secondary N) is 1. The summed E-state index contributed by atoms with van der Waals surface area (Å²) in [4.78, 5) is 16.9. The van der Waals surface area contributed by atoms with E-state index < -0.39 is 6.10 Å². The molecular formula is C25H18Cl2N6O2. The third-order valence-corrected chi connectivity index (χ3v) is 5.71. The Morgan fingerprint density at radius 2 is 1.86 bits per heavy atom. The first kappa shape index (κ1) is 22.8. The molecule has 1 unspecified atom stereocenters. The first-order chi connectivity index (χ1) is 17.0. The van der Waals surface area contributed by atoms with Crippen LogP contribution in [0.25, 0.3) is 28.3 Å². The molecule has 0 fully saturated rings. The minimum absolute atomic E-state index is 0.325. The van der Waals surface area contributed by atoms with E-state index in [1.54, 1.807) is 48.1 Å².